The average Bonchev–Trinajstić information content (AvgIpc) is 2.88. The first-order valence-corrected chi connectivity index (χ1v) is 7.36. The van der Waals surface area contributed by atoms with Gasteiger partial charge in [0.2, 0.25) is 0 Å². The lowest BCUT2D eigenvalue weighted by molar-refractivity contribution is -0.137. The fourth-order valence-electron chi connectivity index (χ4n) is 2.46. The summed E-state index contributed by atoms with van der Waals surface area (Å²) in [7, 11) is 0. The minimum absolute atomic E-state index is 0.0150. The van der Waals surface area contributed by atoms with E-state index in [0.717, 1.165) is 27.8 Å². The van der Waals surface area contributed by atoms with E-state index < -0.39 is 11.7 Å². The Morgan fingerprint density at radius 1 is 1.17 bits per heavy atom. The number of pyridine rings is 1. The topological polar surface area (TPSA) is 41.1 Å². The van der Waals surface area contributed by atoms with Crippen LogP contribution in [0, 0.1) is 25.2 Å². The fourth-order valence-corrected chi connectivity index (χ4v) is 2.71. The number of aromatic nitrogens is 2. The molecular weight excluding hydrogens is 339 g/mol. The second-order valence-corrected chi connectivity index (χ2v) is 5.90. The van der Waals surface area contributed by atoms with Gasteiger partial charge in [0.15, 0.2) is 11.3 Å². The molecule has 3 rings (SSSR count). The van der Waals surface area contributed by atoms with Gasteiger partial charge in [-0.15, -0.1) is 0 Å². The van der Waals surface area contributed by atoms with Crippen molar-refractivity contribution in [3.63, 3.8) is 0 Å². The number of fused-ring (bicyclic) bond motifs is 1. The van der Waals surface area contributed by atoms with E-state index in [0.29, 0.717) is 11.3 Å². The van der Waals surface area contributed by atoms with Crippen molar-refractivity contribution >= 4 is 17.2 Å². The maximum Gasteiger partial charge on any atom is 0.417 e. The number of halogens is 4. The second kappa shape index (κ2) is 5.53. The molecule has 0 fully saturated rings. The zero-order valence-corrected chi connectivity index (χ0v) is 13.5. The molecule has 0 aliphatic heterocycles. The summed E-state index contributed by atoms with van der Waals surface area (Å²) in [5, 5.41) is 9.28. The molecular formula is C17H11ClF3N3. The van der Waals surface area contributed by atoms with Gasteiger partial charge < -0.3 is 0 Å². The van der Waals surface area contributed by atoms with Crippen LogP contribution in [0.15, 0.2) is 30.5 Å². The van der Waals surface area contributed by atoms with E-state index in [1.54, 1.807) is 6.07 Å². The van der Waals surface area contributed by atoms with Gasteiger partial charge in [-0.05, 0) is 37.1 Å². The van der Waals surface area contributed by atoms with Gasteiger partial charge >= 0.3 is 6.18 Å². The van der Waals surface area contributed by atoms with Crippen LogP contribution >= 0.6 is 11.6 Å². The predicted octanol–water partition coefficient (Wildman–Crippen LogP) is 5.16. The fraction of sp³-hybridized carbons (Fsp3) is 0.176. The van der Waals surface area contributed by atoms with Gasteiger partial charge in [0, 0.05) is 11.8 Å². The Labute approximate surface area is 140 Å². The van der Waals surface area contributed by atoms with Crippen LogP contribution in [0.4, 0.5) is 13.2 Å². The van der Waals surface area contributed by atoms with Gasteiger partial charge in [-0.1, -0.05) is 23.7 Å². The molecule has 0 saturated carbocycles. The molecule has 122 valence electrons. The van der Waals surface area contributed by atoms with Crippen molar-refractivity contribution in [2.75, 3.05) is 0 Å². The quantitative estimate of drug-likeness (QED) is 0.608. The number of nitriles is 1. The molecule has 1 aromatic carbocycles. The highest BCUT2D eigenvalue weighted by molar-refractivity contribution is 6.33. The zero-order chi connectivity index (χ0) is 17.6. The summed E-state index contributed by atoms with van der Waals surface area (Å²) in [6.07, 6.45) is -3.72. The molecule has 0 unspecified atom stereocenters. The van der Waals surface area contributed by atoms with Gasteiger partial charge in [0.1, 0.15) is 11.8 Å². The van der Waals surface area contributed by atoms with E-state index in [-0.39, 0.29) is 16.4 Å². The molecule has 3 nitrogen and oxygen atoms in total. The number of benzene rings is 1. The lowest BCUT2D eigenvalue weighted by Crippen LogP contribution is -2.07. The van der Waals surface area contributed by atoms with Crippen molar-refractivity contribution in [1.29, 1.82) is 5.26 Å². The standard InChI is InChI=1S/C17H11ClF3N3/c1-9-3-4-11(5-10(9)2)15-14(7-22)24-8-12(17(19,20)21)6-13(18)16(24)23-15/h3-6,8H,1-2H3. The first-order chi connectivity index (χ1) is 11.2. The molecule has 0 bridgehead atoms. The number of rotatable bonds is 1. The molecule has 0 aliphatic carbocycles. The molecule has 0 N–H and O–H groups in total. The van der Waals surface area contributed by atoms with Crippen LogP contribution in [0.3, 0.4) is 0 Å². The van der Waals surface area contributed by atoms with Crippen LogP contribution in [0.2, 0.25) is 5.02 Å². The summed E-state index contributed by atoms with van der Waals surface area (Å²) in [4.78, 5) is 4.29. The normalized spacial score (nSPS) is 11.7. The first-order valence-electron chi connectivity index (χ1n) is 6.99. The average molecular weight is 350 g/mol. The maximum absolute atomic E-state index is 13.0. The van der Waals surface area contributed by atoms with E-state index in [9.17, 15) is 18.4 Å². The second-order valence-electron chi connectivity index (χ2n) is 5.49. The minimum Gasteiger partial charge on any atom is -0.289 e. The van der Waals surface area contributed by atoms with Crippen LogP contribution in [-0.2, 0) is 6.18 Å². The molecule has 24 heavy (non-hydrogen) atoms. The van der Waals surface area contributed by atoms with Gasteiger partial charge in [-0.3, -0.25) is 4.40 Å². The maximum atomic E-state index is 13.0. The number of aryl methyl sites for hydroxylation is 2. The monoisotopic (exact) mass is 349 g/mol. The van der Waals surface area contributed by atoms with Gasteiger partial charge in [-0.25, -0.2) is 4.98 Å². The van der Waals surface area contributed by atoms with Gasteiger partial charge in [-0.2, -0.15) is 18.4 Å². The summed E-state index contributed by atoms with van der Waals surface area (Å²) in [6.45, 7) is 3.86. The minimum atomic E-state index is -4.56. The third-order valence-electron chi connectivity index (χ3n) is 3.89. The summed E-state index contributed by atoms with van der Waals surface area (Å²) >= 11 is 5.96. The van der Waals surface area contributed by atoms with Crippen LogP contribution in [0.1, 0.15) is 22.4 Å². The van der Waals surface area contributed by atoms with Gasteiger partial charge in [0.25, 0.3) is 0 Å². The van der Waals surface area contributed by atoms with E-state index in [4.69, 9.17) is 11.6 Å². The van der Waals surface area contributed by atoms with Crippen molar-refractivity contribution in [3.8, 4) is 17.3 Å². The number of nitrogens with zero attached hydrogens (tertiary/aromatic N) is 3. The third kappa shape index (κ3) is 2.61. The number of imidazole rings is 1. The summed E-state index contributed by atoms with van der Waals surface area (Å²) < 4.78 is 40.0. The molecule has 3 aromatic rings. The van der Waals surface area contributed by atoms with E-state index in [1.807, 2.05) is 32.0 Å². The lowest BCUT2D eigenvalue weighted by Gasteiger charge is -2.08. The summed E-state index contributed by atoms with van der Waals surface area (Å²) in [6, 6.07) is 8.24. The number of hydrogen-bond acceptors (Lipinski definition) is 2. The molecule has 2 aromatic heterocycles. The number of alkyl halides is 3. The molecule has 0 spiro atoms. The Kier molecular flexibility index (Phi) is 3.77. The largest absolute Gasteiger partial charge is 0.417 e. The van der Waals surface area contributed by atoms with Crippen molar-refractivity contribution in [3.05, 3.63) is 57.9 Å². The Morgan fingerprint density at radius 3 is 2.46 bits per heavy atom. The van der Waals surface area contributed by atoms with Crippen LogP contribution in [0.25, 0.3) is 16.9 Å². The SMILES string of the molecule is Cc1ccc(-c2nc3c(Cl)cc(C(F)(F)F)cn3c2C#N)cc1C. The molecule has 0 atom stereocenters. The van der Waals surface area contributed by atoms with Crippen molar-refractivity contribution in [1.82, 2.24) is 9.38 Å². The highest BCUT2D eigenvalue weighted by Gasteiger charge is 2.32. The third-order valence-corrected chi connectivity index (χ3v) is 4.17. The lowest BCUT2D eigenvalue weighted by atomic mass is 10.0. The first kappa shape index (κ1) is 16.3. The van der Waals surface area contributed by atoms with Crippen LogP contribution in [0.5, 0.6) is 0 Å². The zero-order valence-electron chi connectivity index (χ0n) is 12.7. The summed E-state index contributed by atoms with van der Waals surface area (Å²) in [5.74, 6) is 0. The Bertz CT molecular complexity index is 997. The van der Waals surface area contributed by atoms with Crippen molar-refractivity contribution in [2.24, 2.45) is 0 Å². The van der Waals surface area contributed by atoms with E-state index in [2.05, 4.69) is 4.98 Å². The molecule has 2 heterocycles. The molecule has 0 saturated heterocycles. The van der Waals surface area contributed by atoms with Gasteiger partial charge in [0.05, 0.1) is 10.6 Å². The molecule has 7 heteroatoms. The smallest absolute Gasteiger partial charge is 0.289 e. The predicted molar refractivity (Wildman–Crippen MR) is 84.8 cm³/mol. The van der Waals surface area contributed by atoms with Crippen molar-refractivity contribution < 1.29 is 13.2 Å². The Morgan fingerprint density at radius 2 is 1.88 bits per heavy atom. The highest BCUT2D eigenvalue weighted by Crippen LogP contribution is 2.34. The van der Waals surface area contributed by atoms with Crippen LogP contribution in [-0.4, -0.2) is 9.38 Å². The van der Waals surface area contributed by atoms with E-state index in [1.165, 1.54) is 0 Å². The Balaban J connectivity index is 2.33. The number of hydrogen-bond donors (Lipinski definition) is 0. The van der Waals surface area contributed by atoms with E-state index >= 15 is 0 Å². The Hall–Kier alpha value is -2.52. The van der Waals surface area contributed by atoms with Crippen molar-refractivity contribution in [2.45, 2.75) is 20.0 Å². The highest BCUT2D eigenvalue weighted by atomic mass is 35.5. The summed E-state index contributed by atoms with van der Waals surface area (Å²) in [5.41, 5.74) is 2.23. The molecule has 0 amide bonds. The molecule has 0 radical (unpaired) electrons. The van der Waals surface area contributed by atoms with Crippen LogP contribution < -0.4 is 0 Å². The molecule has 0 aliphatic rings.